The van der Waals surface area contributed by atoms with Gasteiger partial charge < -0.3 is 5.32 Å². The first-order valence-electron chi connectivity index (χ1n) is 9.11. The van der Waals surface area contributed by atoms with Gasteiger partial charge in [0.25, 0.3) is 11.1 Å². The van der Waals surface area contributed by atoms with Gasteiger partial charge in [-0.05, 0) is 58.8 Å². The van der Waals surface area contributed by atoms with Crippen molar-refractivity contribution in [1.29, 1.82) is 0 Å². The molecular formula is C23H16Cl2N2O2S. The number of rotatable bonds is 5. The first-order chi connectivity index (χ1) is 14.5. The summed E-state index contributed by atoms with van der Waals surface area (Å²) < 4.78 is 0. The third-order valence-electron chi connectivity index (χ3n) is 4.55. The standard InChI is InChI=1S/C23H16Cl2N2O2S/c24-19-11-6-15(12-20(19)25)13-21-22(28)27(23(29)30-21)14-26-18-9-7-17(8-10-18)16-4-2-1-3-5-16/h1-13,26H,14H2/b21-13+. The molecule has 0 aromatic heterocycles. The Morgan fingerprint density at radius 2 is 1.57 bits per heavy atom. The van der Waals surface area contributed by atoms with Gasteiger partial charge in [-0.2, -0.15) is 0 Å². The molecule has 0 saturated carbocycles. The Labute approximate surface area is 188 Å². The highest BCUT2D eigenvalue weighted by atomic mass is 35.5. The number of carbonyl (C=O) groups excluding carboxylic acids is 2. The summed E-state index contributed by atoms with van der Waals surface area (Å²) in [4.78, 5) is 26.5. The Hall–Kier alpha value is -2.73. The van der Waals surface area contributed by atoms with Crippen molar-refractivity contribution in [1.82, 2.24) is 4.90 Å². The molecule has 30 heavy (non-hydrogen) atoms. The van der Waals surface area contributed by atoms with E-state index >= 15 is 0 Å². The quantitative estimate of drug-likeness (QED) is 0.432. The molecule has 7 heteroatoms. The van der Waals surface area contributed by atoms with Gasteiger partial charge in [0.1, 0.15) is 0 Å². The molecule has 0 spiro atoms. The second-order valence-corrected chi connectivity index (χ2v) is 8.37. The molecule has 1 fully saturated rings. The Bertz CT molecular complexity index is 1130. The maximum absolute atomic E-state index is 12.6. The van der Waals surface area contributed by atoms with Crippen LogP contribution in [0.3, 0.4) is 0 Å². The highest BCUT2D eigenvalue weighted by Crippen LogP contribution is 2.33. The Morgan fingerprint density at radius 3 is 2.27 bits per heavy atom. The fraction of sp³-hybridized carbons (Fsp3) is 0.0435. The van der Waals surface area contributed by atoms with Crippen molar-refractivity contribution in [3.05, 3.63) is 93.3 Å². The van der Waals surface area contributed by atoms with Gasteiger partial charge in [0, 0.05) is 5.69 Å². The Kier molecular flexibility index (Phi) is 6.13. The first kappa shape index (κ1) is 20.5. The second-order valence-electron chi connectivity index (χ2n) is 6.56. The molecule has 1 saturated heterocycles. The highest BCUT2D eigenvalue weighted by molar-refractivity contribution is 8.18. The molecule has 1 aliphatic rings. The van der Waals surface area contributed by atoms with E-state index in [1.54, 1.807) is 24.3 Å². The number of benzene rings is 3. The van der Waals surface area contributed by atoms with E-state index in [0.717, 1.165) is 28.6 Å². The minimum Gasteiger partial charge on any atom is -0.367 e. The van der Waals surface area contributed by atoms with Crippen LogP contribution in [0.4, 0.5) is 10.5 Å². The van der Waals surface area contributed by atoms with Gasteiger partial charge in [-0.25, -0.2) is 0 Å². The van der Waals surface area contributed by atoms with E-state index in [1.165, 1.54) is 4.90 Å². The molecule has 3 aromatic carbocycles. The molecule has 0 bridgehead atoms. The van der Waals surface area contributed by atoms with Gasteiger partial charge >= 0.3 is 0 Å². The van der Waals surface area contributed by atoms with Crippen molar-refractivity contribution in [2.75, 3.05) is 12.0 Å². The maximum Gasteiger partial charge on any atom is 0.295 e. The average Bonchev–Trinajstić information content (AvgIpc) is 3.03. The summed E-state index contributed by atoms with van der Waals surface area (Å²) in [5.74, 6) is -0.343. The van der Waals surface area contributed by atoms with E-state index in [4.69, 9.17) is 23.2 Å². The van der Waals surface area contributed by atoms with Crippen LogP contribution in [0.15, 0.2) is 77.7 Å². The molecule has 0 radical (unpaired) electrons. The lowest BCUT2D eigenvalue weighted by atomic mass is 10.1. The molecule has 0 unspecified atom stereocenters. The van der Waals surface area contributed by atoms with Crippen molar-refractivity contribution < 1.29 is 9.59 Å². The van der Waals surface area contributed by atoms with E-state index in [9.17, 15) is 9.59 Å². The lowest BCUT2D eigenvalue weighted by Gasteiger charge is -2.14. The summed E-state index contributed by atoms with van der Waals surface area (Å²) >= 11 is 12.8. The third-order valence-corrected chi connectivity index (χ3v) is 6.19. The van der Waals surface area contributed by atoms with Crippen LogP contribution in [-0.2, 0) is 4.79 Å². The van der Waals surface area contributed by atoms with Gasteiger partial charge in [-0.3, -0.25) is 14.5 Å². The number of carbonyl (C=O) groups is 2. The summed E-state index contributed by atoms with van der Waals surface area (Å²) in [5, 5.41) is 3.64. The van der Waals surface area contributed by atoms with Gasteiger partial charge in [0.2, 0.25) is 0 Å². The van der Waals surface area contributed by atoms with E-state index in [2.05, 4.69) is 5.32 Å². The van der Waals surface area contributed by atoms with E-state index < -0.39 is 0 Å². The normalized spacial score (nSPS) is 15.1. The minimum atomic E-state index is -0.343. The van der Waals surface area contributed by atoms with Gasteiger partial charge in [-0.15, -0.1) is 0 Å². The first-order valence-corrected chi connectivity index (χ1v) is 10.7. The lowest BCUT2D eigenvalue weighted by molar-refractivity contribution is -0.122. The molecule has 1 heterocycles. The second kappa shape index (κ2) is 8.96. The topological polar surface area (TPSA) is 49.4 Å². The number of hydrogen-bond donors (Lipinski definition) is 1. The molecule has 4 nitrogen and oxygen atoms in total. The molecule has 0 atom stereocenters. The fourth-order valence-corrected chi connectivity index (χ4v) is 4.12. The van der Waals surface area contributed by atoms with Crippen LogP contribution in [0.2, 0.25) is 10.0 Å². The van der Waals surface area contributed by atoms with Crippen LogP contribution in [0.25, 0.3) is 17.2 Å². The molecule has 4 rings (SSSR count). The molecule has 2 amide bonds. The monoisotopic (exact) mass is 454 g/mol. The number of anilines is 1. The van der Waals surface area contributed by atoms with E-state index in [0.29, 0.717) is 20.5 Å². The van der Waals surface area contributed by atoms with Crippen LogP contribution in [0.1, 0.15) is 5.56 Å². The molecule has 3 aromatic rings. The number of halogens is 2. The average molecular weight is 455 g/mol. The van der Waals surface area contributed by atoms with Crippen LogP contribution >= 0.6 is 35.0 Å². The van der Waals surface area contributed by atoms with Crippen molar-refractivity contribution in [2.45, 2.75) is 0 Å². The molecule has 150 valence electrons. The fourth-order valence-electron chi connectivity index (χ4n) is 2.97. The smallest absolute Gasteiger partial charge is 0.295 e. The number of thioether (sulfide) groups is 1. The number of amides is 2. The zero-order valence-corrected chi connectivity index (χ0v) is 18.0. The highest BCUT2D eigenvalue weighted by Gasteiger charge is 2.34. The third kappa shape index (κ3) is 4.54. The van der Waals surface area contributed by atoms with Gasteiger partial charge in [0.15, 0.2) is 0 Å². The van der Waals surface area contributed by atoms with Crippen LogP contribution in [0.5, 0.6) is 0 Å². The molecular weight excluding hydrogens is 439 g/mol. The van der Waals surface area contributed by atoms with Crippen molar-refractivity contribution in [3.63, 3.8) is 0 Å². The van der Waals surface area contributed by atoms with Gasteiger partial charge in [0.05, 0.1) is 21.6 Å². The van der Waals surface area contributed by atoms with E-state index in [1.807, 2.05) is 54.6 Å². The zero-order chi connectivity index (χ0) is 21.1. The van der Waals surface area contributed by atoms with E-state index in [-0.39, 0.29) is 17.8 Å². The number of imide groups is 1. The molecule has 1 N–H and O–H groups in total. The lowest BCUT2D eigenvalue weighted by Crippen LogP contribution is -2.33. The van der Waals surface area contributed by atoms with Crippen LogP contribution < -0.4 is 5.32 Å². The summed E-state index contributed by atoms with van der Waals surface area (Å²) in [6.07, 6.45) is 1.64. The summed E-state index contributed by atoms with van der Waals surface area (Å²) in [7, 11) is 0. The van der Waals surface area contributed by atoms with Crippen LogP contribution in [0, 0.1) is 0 Å². The minimum absolute atomic E-state index is 0.0913. The zero-order valence-electron chi connectivity index (χ0n) is 15.6. The molecule has 1 aliphatic heterocycles. The number of nitrogens with zero attached hydrogens (tertiary/aromatic N) is 1. The van der Waals surface area contributed by atoms with Crippen molar-refractivity contribution >= 4 is 57.9 Å². The Morgan fingerprint density at radius 1 is 0.867 bits per heavy atom. The predicted octanol–water partition coefficient (Wildman–Crippen LogP) is 6.77. The summed E-state index contributed by atoms with van der Waals surface area (Å²) in [6, 6.07) is 22.9. The van der Waals surface area contributed by atoms with Crippen molar-refractivity contribution in [2.24, 2.45) is 0 Å². The maximum atomic E-state index is 12.6. The van der Waals surface area contributed by atoms with Gasteiger partial charge in [-0.1, -0.05) is 71.7 Å². The summed E-state index contributed by atoms with van der Waals surface area (Å²) in [6.45, 7) is 0.0913. The van der Waals surface area contributed by atoms with Crippen molar-refractivity contribution in [3.8, 4) is 11.1 Å². The number of hydrogen-bond acceptors (Lipinski definition) is 4. The largest absolute Gasteiger partial charge is 0.367 e. The predicted molar refractivity (Wildman–Crippen MR) is 125 cm³/mol. The Balaban J connectivity index is 1.42. The number of nitrogens with one attached hydrogen (secondary N) is 1. The molecule has 0 aliphatic carbocycles. The van der Waals surface area contributed by atoms with Crippen LogP contribution in [-0.4, -0.2) is 22.7 Å². The SMILES string of the molecule is O=C1S/C(=C/c2ccc(Cl)c(Cl)c2)C(=O)N1CNc1ccc(-c2ccccc2)cc1. The summed E-state index contributed by atoms with van der Waals surface area (Å²) in [5.41, 5.74) is 3.75.